The van der Waals surface area contributed by atoms with Gasteiger partial charge in [-0.15, -0.1) is 0 Å². The summed E-state index contributed by atoms with van der Waals surface area (Å²) in [5.74, 6) is -1.75. The molecule has 116 valence electrons. The Labute approximate surface area is 122 Å². The predicted molar refractivity (Wildman–Crippen MR) is 74.7 cm³/mol. The Morgan fingerprint density at radius 3 is 2.76 bits per heavy atom. The van der Waals surface area contributed by atoms with E-state index < -0.39 is 17.7 Å². The van der Waals surface area contributed by atoms with Crippen molar-refractivity contribution in [3.63, 3.8) is 0 Å². The molecule has 1 fully saturated rings. The third kappa shape index (κ3) is 4.14. The second kappa shape index (κ2) is 6.85. The molecule has 4 nitrogen and oxygen atoms in total. The van der Waals surface area contributed by atoms with Crippen LogP contribution in [0.15, 0.2) is 18.2 Å². The lowest BCUT2D eigenvalue weighted by Crippen LogP contribution is -2.40. The van der Waals surface area contributed by atoms with E-state index in [4.69, 9.17) is 0 Å². The van der Waals surface area contributed by atoms with E-state index in [1.807, 2.05) is 0 Å². The highest BCUT2D eigenvalue weighted by atomic mass is 19.2. The minimum absolute atomic E-state index is 0.0920. The molecule has 1 aliphatic rings. The summed E-state index contributed by atoms with van der Waals surface area (Å²) in [6.45, 7) is 2.11. The first-order valence-electron chi connectivity index (χ1n) is 7.14. The van der Waals surface area contributed by atoms with Gasteiger partial charge in [0.1, 0.15) is 0 Å². The van der Waals surface area contributed by atoms with Gasteiger partial charge in [-0.25, -0.2) is 13.6 Å². The van der Waals surface area contributed by atoms with Crippen LogP contribution in [0.1, 0.15) is 37.8 Å². The molecule has 3 N–H and O–H groups in total. The summed E-state index contributed by atoms with van der Waals surface area (Å²) in [4.78, 5) is 11.8. The van der Waals surface area contributed by atoms with E-state index in [1.165, 1.54) is 6.07 Å². The number of halogens is 2. The minimum Gasteiger partial charge on any atom is -0.393 e. The fraction of sp³-hybridized carbons (Fsp3) is 0.533. The molecule has 0 saturated heterocycles. The number of urea groups is 1. The second-order valence-corrected chi connectivity index (χ2v) is 5.51. The van der Waals surface area contributed by atoms with Gasteiger partial charge in [-0.3, -0.25) is 0 Å². The smallest absolute Gasteiger partial charge is 0.315 e. The fourth-order valence-corrected chi connectivity index (χ4v) is 2.59. The van der Waals surface area contributed by atoms with Gasteiger partial charge in [-0.1, -0.05) is 12.5 Å². The van der Waals surface area contributed by atoms with Crippen molar-refractivity contribution in [1.82, 2.24) is 10.6 Å². The number of rotatable bonds is 4. The average Bonchev–Trinajstić information content (AvgIpc) is 2.85. The number of aliphatic hydroxyl groups is 1. The van der Waals surface area contributed by atoms with Crippen LogP contribution >= 0.6 is 0 Å². The van der Waals surface area contributed by atoms with Gasteiger partial charge in [0.05, 0.1) is 12.1 Å². The van der Waals surface area contributed by atoms with Crippen LogP contribution in [-0.2, 0) is 0 Å². The zero-order chi connectivity index (χ0) is 15.4. The summed E-state index contributed by atoms with van der Waals surface area (Å²) in [6, 6.07) is 2.72. The first kappa shape index (κ1) is 15.7. The lowest BCUT2D eigenvalue weighted by atomic mass is 10.1. The number of hydrogen-bond donors (Lipinski definition) is 3. The molecule has 3 atom stereocenters. The molecular weight excluding hydrogens is 278 g/mol. The van der Waals surface area contributed by atoms with Crippen molar-refractivity contribution in [2.45, 2.75) is 38.3 Å². The van der Waals surface area contributed by atoms with Gasteiger partial charge in [-0.05, 0) is 37.5 Å². The van der Waals surface area contributed by atoms with Gasteiger partial charge in [0.25, 0.3) is 0 Å². The van der Waals surface area contributed by atoms with E-state index in [0.717, 1.165) is 31.4 Å². The molecule has 1 saturated carbocycles. The van der Waals surface area contributed by atoms with Crippen molar-refractivity contribution in [2.75, 3.05) is 6.54 Å². The number of carbonyl (C=O) groups is 1. The molecule has 1 aromatic carbocycles. The van der Waals surface area contributed by atoms with Crippen LogP contribution in [-0.4, -0.2) is 23.8 Å². The monoisotopic (exact) mass is 298 g/mol. The predicted octanol–water partition coefficient (Wildman–Crippen LogP) is 2.49. The van der Waals surface area contributed by atoms with Crippen molar-refractivity contribution in [3.8, 4) is 0 Å². The normalized spacial score (nSPS) is 22.9. The number of benzene rings is 1. The van der Waals surface area contributed by atoms with Crippen molar-refractivity contribution in [2.24, 2.45) is 5.92 Å². The Kier molecular flexibility index (Phi) is 5.12. The van der Waals surface area contributed by atoms with Crippen LogP contribution < -0.4 is 10.6 Å². The molecular formula is C15H20F2N2O2. The van der Waals surface area contributed by atoms with Crippen LogP contribution in [0.3, 0.4) is 0 Å². The maximum Gasteiger partial charge on any atom is 0.315 e. The summed E-state index contributed by atoms with van der Waals surface area (Å²) in [5, 5.41) is 15.0. The number of carbonyl (C=O) groups excluding carboxylic acids is 1. The Bertz CT molecular complexity index is 510. The quantitative estimate of drug-likeness (QED) is 0.800. The fourth-order valence-electron chi connectivity index (χ4n) is 2.59. The maximum absolute atomic E-state index is 13.1. The lowest BCUT2D eigenvalue weighted by molar-refractivity contribution is 0.132. The first-order valence-corrected chi connectivity index (χ1v) is 7.14. The van der Waals surface area contributed by atoms with E-state index >= 15 is 0 Å². The van der Waals surface area contributed by atoms with Gasteiger partial charge < -0.3 is 15.7 Å². The van der Waals surface area contributed by atoms with Crippen molar-refractivity contribution >= 4 is 6.03 Å². The van der Waals surface area contributed by atoms with Gasteiger partial charge in [0, 0.05) is 12.5 Å². The van der Waals surface area contributed by atoms with Crippen LogP contribution in [0.2, 0.25) is 0 Å². The summed E-state index contributed by atoms with van der Waals surface area (Å²) >= 11 is 0. The summed E-state index contributed by atoms with van der Waals surface area (Å²) in [5.41, 5.74) is 0.491. The molecule has 1 aromatic rings. The topological polar surface area (TPSA) is 61.4 Å². The van der Waals surface area contributed by atoms with Crippen LogP contribution in [0.25, 0.3) is 0 Å². The SMILES string of the molecule is C[C@H](NC(=O)NC[C@H]1CCC[C@H]1O)c1ccc(F)c(F)c1. The molecule has 0 aromatic heterocycles. The van der Waals surface area contributed by atoms with E-state index in [0.29, 0.717) is 12.1 Å². The minimum atomic E-state index is -0.935. The Morgan fingerprint density at radius 1 is 1.38 bits per heavy atom. The standard InChI is InChI=1S/C15H20F2N2O2/c1-9(10-5-6-12(16)13(17)7-10)19-15(21)18-8-11-3-2-4-14(11)20/h5-7,9,11,14,20H,2-4,8H2,1H3,(H2,18,19,21)/t9-,11+,14+/m0/s1. The van der Waals surface area contributed by atoms with Crippen LogP contribution in [0.4, 0.5) is 13.6 Å². The molecule has 0 bridgehead atoms. The zero-order valence-corrected chi connectivity index (χ0v) is 11.9. The molecule has 21 heavy (non-hydrogen) atoms. The van der Waals surface area contributed by atoms with Crippen molar-refractivity contribution in [3.05, 3.63) is 35.4 Å². The van der Waals surface area contributed by atoms with Crippen LogP contribution in [0, 0.1) is 17.6 Å². The van der Waals surface area contributed by atoms with Crippen molar-refractivity contribution < 1.29 is 18.7 Å². The molecule has 6 heteroatoms. The molecule has 0 spiro atoms. The van der Waals surface area contributed by atoms with E-state index in [-0.39, 0.29) is 18.1 Å². The Balaban J connectivity index is 1.82. The lowest BCUT2D eigenvalue weighted by Gasteiger charge is -2.18. The third-order valence-electron chi connectivity index (χ3n) is 3.94. The Hall–Kier alpha value is -1.69. The summed E-state index contributed by atoms with van der Waals surface area (Å²) in [6.07, 6.45) is 2.30. The number of amides is 2. The van der Waals surface area contributed by atoms with Crippen molar-refractivity contribution in [1.29, 1.82) is 0 Å². The third-order valence-corrected chi connectivity index (χ3v) is 3.94. The number of nitrogens with one attached hydrogen (secondary N) is 2. The van der Waals surface area contributed by atoms with E-state index in [9.17, 15) is 18.7 Å². The van der Waals surface area contributed by atoms with Gasteiger partial charge >= 0.3 is 6.03 Å². The Morgan fingerprint density at radius 2 is 2.14 bits per heavy atom. The molecule has 2 amide bonds. The average molecular weight is 298 g/mol. The second-order valence-electron chi connectivity index (χ2n) is 5.51. The van der Waals surface area contributed by atoms with Gasteiger partial charge in [0.2, 0.25) is 0 Å². The highest BCUT2D eigenvalue weighted by Gasteiger charge is 2.25. The number of aliphatic hydroxyl groups excluding tert-OH is 1. The summed E-state index contributed by atoms with van der Waals surface area (Å²) in [7, 11) is 0. The van der Waals surface area contributed by atoms with Crippen LogP contribution in [0.5, 0.6) is 0 Å². The first-order chi connectivity index (χ1) is 9.97. The molecule has 2 rings (SSSR count). The molecule has 0 radical (unpaired) electrons. The van der Waals surface area contributed by atoms with Gasteiger partial charge in [-0.2, -0.15) is 0 Å². The molecule has 0 heterocycles. The largest absolute Gasteiger partial charge is 0.393 e. The number of hydrogen-bond acceptors (Lipinski definition) is 2. The zero-order valence-electron chi connectivity index (χ0n) is 11.9. The molecule has 0 unspecified atom stereocenters. The highest BCUT2D eigenvalue weighted by molar-refractivity contribution is 5.74. The van der Waals surface area contributed by atoms with Gasteiger partial charge in [0.15, 0.2) is 11.6 Å². The van der Waals surface area contributed by atoms with E-state index in [2.05, 4.69) is 10.6 Å². The summed E-state index contributed by atoms with van der Waals surface area (Å²) < 4.78 is 26.0. The molecule has 0 aliphatic heterocycles. The molecule has 1 aliphatic carbocycles. The highest BCUT2D eigenvalue weighted by Crippen LogP contribution is 2.24. The van der Waals surface area contributed by atoms with E-state index in [1.54, 1.807) is 6.92 Å². The maximum atomic E-state index is 13.1.